The first-order valence-electron chi connectivity index (χ1n) is 6.97. The average molecular weight is 436 g/mol. The molecule has 0 amide bonds. The number of thiophene rings is 1. The SMILES string of the molecule is Brc1cccc(-c2nnc(SCc3csc(-c4ccsc4)n3)o2)c1. The first kappa shape index (κ1) is 16.0. The third kappa shape index (κ3) is 3.61. The fourth-order valence-electron chi connectivity index (χ4n) is 2.03. The Morgan fingerprint density at radius 2 is 2.08 bits per heavy atom. The van der Waals surface area contributed by atoms with Gasteiger partial charge in [0.05, 0.1) is 5.69 Å². The molecule has 1 aromatic carbocycles. The molecule has 0 saturated carbocycles. The highest BCUT2D eigenvalue weighted by Gasteiger charge is 2.11. The van der Waals surface area contributed by atoms with Gasteiger partial charge in [-0.1, -0.05) is 33.8 Å². The molecule has 3 heterocycles. The Morgan fingerprint density at radius 1 is 1.12 bits per heavy atom. The quantitative estimate of drug-likeness (QED) is 0.361. The molecule has 4 nitrogen and oxygen atoms in total. The lowest BCUT2D eigenvalue weighted by Crippen LogP contribution is -1.81. The van der Waals surface area contributed by atoms with Gasteiger partial charge >= 0.3 is 0 Å². The van der Waals surface area contributed by atoms with E-state index in [2.05, 4.69) is 53.3 Å². The van der Waals surface area contributed by atoms with Crippen molar-refractivity contribution in [2.45, 2.75) is 11.0 Å². The Labute approximate surface area is 159 Å². The Kier molecular flexibility index (Phi) is 4.79. The zero-order valence-corrected chi connectivity index (χ0v) is 16.2. The fraction of sp³-hybridized carbons (Fsp3) is 0.0625. The van der Waals surface area contributed by atoms with Crippen LogP contribution >= 0.6 is 50.4 Å². The molecule has 0 bridgehead atoms. The molecule has 0 aliphatic heterocycles. The van der Waals surface area contributed by atoms with Gasteiger partial charge in [-0.05, 0) is 29.6 Å². The summed E-state index contributed by atoms with van der Waals surface area (Å²) >= 11 is 8.28. The van der Waals surface area contributed by atoms with Crippen LogP contribution in [0, 0.1) is 0 Å². The largest absolute Gasteiger partial charge is 0.411 e. The van der Waals surface area contributed by atoms with Crippen LogP contribution in [0.1, 0.15) is 5.69 Å². The molecular weight excluding hydrogens is 426 g/mol. The maximum atomic E-state index is 5.72. The zero-order valence-electron chi connectivity index (χ0n) is 12.2. The van der Waals surface area contributed by atoms with Gasteiger partial charge in [0.1, 0.15) is 5.01 Å². The van der Waals surface area contributed by atoms with Crippen LogP contribution in [0.15, 0.2) is 60.6 Å². The number of rotatable bonds is 5. The van der Waals surface area contributed by atoms with Crippen molar-refractivity contribution in [1.29, 1.82) is 0 Å². The van der Waals surface area contributed by atoms with Crippen molar-refractivity contribution in [3.63, 3.8) is 0 Å². The average Bonchev–Trinajstić information content (AvgIpc) is 3.33. The lowest BCUT2D eigenvalue weighted by atomic mass is 10.2. The van der Waals surface area contributed by atoms with Crippen molar-refractivity contribution in [3.05, 3.63) is 56.6 Å². The van der Waals surface area contributed by atoms with Crippen LogP contribution < -0.4 is 0 Å². The van der Waals surface area contributed by atoms with Gasteiger partial charge < -0.3 is 4.42 Å². The Bertz CT molecular complexity index is 949. The third-order valence-electron chi connectivity index (χ3n) is 3.14. The van der Waals surface area contributed by atoms with Crippen LogP contribution in [0.5, 0.6) is 0 Å². The van der Waals surface area contributed by atoms with Gasteiger partial charge in [-0.2, -0.15) is 11.3 Å². The minimum absolute atomic E-state index is 0.524. The summed E-state index contributed by atoms with van der Waals surface area (Å²) < 4.78 is 6.70. The van der Waals surface area contributed by atoms with E-state index in [0.717, 1.165) is 20.7 Å². The predicted molar refractivity (Wildman–Crippen MR) is 102 cm³/mol. The molecule has 0 unspecified atom stereocenters. The number of benzene rings is 1. The second-order valence-corrected chi connectivity index (χ2v) is 8.31. The molecule has 0 fully saturated rings. The monoisotopic (exact) mass is 435 g/mol. The predicted octanol–water partition coefficient (Wildman–Crippen LogP) is 5.98. The number of hydrogen-bond acceptors (Lipinski definition) is 7. The zero-order chi connectivity index (χ0) is 16.4. The number of halogens is 1. The summed E-state index contributed by atoms with van der Waals surface area (Å²) in [7, 11) is 0. The smallest absolute Gasteiger partial charge is 0.277 e. The van der Waals surface area contributed by atoms with E-state index in [9.17, 15) is 0 Å². The summed E-state index contributed by atoms with van der Waals surface area (Å²) in [6.07, 6.45) is 0. The summed E-state index contributed by atoms with van der Waals surface area (Å²) in [6, 6.07) is 9.89. The third-order valence-corrected chi connectivity index (χ3v) is 6.11. The molecular formula is C16H10BrN3OS3. The van der Waals surface area contributed by atoms with Crippen molar-refractivity contribution in [3.8, 4) is 22.0 Å². The summed E-state index contributed by atoms with van der Waals surface area (Å²) in [5.41, 5.74) is 3.10. The van der Waals surface area contributed by atoms with E-state index < -0.39 is 0 Å². The Hall–Kier alpha value is -1.48. The molecule has 0 aliphatic carbocycles. The van der Waals surface area contributed by atoms with E-state index in [4.69, 9.17) is 4.42 Å². The minimum atomic E-state index is 0.524. The van der Waals surface area contributed by atoms with Crippen LogP contribution in [0.2, 0.25) is 0 Å². The summed E-state index contributed by atoms with van der Waals surface area (Å²) in [4.78, 5) is 4.65. The van der Waals surface area contributed by atoms with E-state index in [1.807, 2.05) is 24.3 Å². The lowest BCUT2D eigenvalue weighted by Gasteiger charge is -1.95. The second kappa shape index (κ2) is 7.18. The van der Waals surface area contributed by atoms with Gasteiger partial charge in [0, 0.05) is 32.1 Å². The highest BCUT2D eigenvalue weighted by molar-refractivity contribution is 9.10. The Balaban J connectivity index is 1.43. The summed E-state index contributed by atoms with van der Waals surface area (Å²) in [5.74, 6) is 1.23. The topological polar surface area (TPSA) is 51.8 Å². The van der Waals surface area contributed by atoms with Crippen LogP contribution in [0.4, 0.5) is 0 Å². The number of thioether (sulfide) groups is 1. The van der Waals surface area contributed by atoms with Crippen molar-refractivity contribution < 1.29 is 4.42 Å². The summed E-state index contributed by atoms with van der Waals surface area (Å²) in [5, 5.41) is 16.1. The molecule has 0 atom stereocenters. The van der Waals surface area contributed by atoms with E-state index >= 15 is 0 Å². The number of aromatic nitrogens is 3. The highest BCUT2D eigenvalue weighted by atomic mass is 79.9. The van der Waals surface area contributed by atoms with Gasteiger partial charge in [-0.15, -0.1) is 21.5 Å². The first-order chi connectivity index (χ1) is 11.8. The molecule has 0 aliphatic rings. The van der Waals surface area contributed by atoms with Crippen molar-refractivity contribution in [1.82, 2.24) is 15.2 Å². The molecule has 0 N–H and O–H groups in total. The summed E-state index contributed by atoms with van der Waals surface area (Å²) in [6.45, 7) is 0. The van der Waals surface area contributed by atoms with Crippen molar-refractivity contribution in [2.75, 3.05) is 0 Å². The van der Waals surface area contributed by atoms with Gasteiger partial charge in [0.2, 0.25) is 5.89 Å². The number of thiazole rings is 1. The molecule has 3 aromatic heterocycles. The lowest BCUT2D eigenvalue weighted by molar-refractivity contribution is 0.466. The minimum Gasteiger partial charge on any atom is -0.411 e. The number of nitrogens with zero attached hydrogens (tertiary/aromatic N) is 3. The fourth-order valence-corrected chi connectivity index (χ4v) is 4.73. The van der Waals surface area contributed by atoms with Crippen LogP contribution in [0.3, 0.4) is 0 Å². The normalized spacial score (nSPS) is 11.0. The molecule has 8 heteroatoms. The molecule has 0 radical (unpaired) electrons. The molecule has 4 aromatic rings. The molecule has 0 saturated heterocycles. The number of hydrogen-bond donors (Lipinski definition) is 0. The standard InChI is InChI=1S/C16H10BrN3OS3/c17-12-3-1-2-10(6-12)14-19-20-16(21-14)24-9-13-8-23-15(18-13)11-4-5-22-7-11/h1-8H,9H2. The molecule has 0 spiro atoms. The van der Waals surface area contributed by atoms with Crippen LogP contribution in [0.25, 0.3) is 22.0 Å². The van der Waals surface area contributed by atoms with Crippen molar-refractivity contribution >= 4 is 50.4 Å². The van der Waals surface area contributed by atoms with Crippen LogP contribution in [-0.4, -0.2) is 15.2 Å². The van der Waals surface area contributed by atoms with Gasteiger partial charge in [-0.3, -0.25) is 0 Å². The van der Waals surface area contributed by atoms with Crippen molar-refractivity contribution in [2.24, 2.45) is 0 Å². The molecule has 24 heavy (non-hydrogen) atoms. The van der Waals surface area contributed by atoms with Gasteiger partial charge in [-0.25, -0.2) is 4.98 Å². The maximum absolute atomic E-state index is 5.72. The van der Waals surface area contributed by atoms with Crippen LogP contribution in [-0.2, 0) is 5.75 Å². The van der Waals surface area contributed by atoms with E-state index in [-0.39, 0.29) is 0 Å². The van der Waals surface area contributed by atoms with E-state index in [0.29, 0.717) is 16.9 Å². The Morgan fingerprint density at radius 3 is 2.92 bits per heavy atom. The first-order valence-corrected chi connectivity index (χ1v) is 10.6. The van der Waals surface area contributed by atoms with Gasteiger partial charge in [0.15, 0.2) is 0 Å². The highest BCUT2D eigenvalue weighted by Crippen LogP contribution is 2.30. The second-order valence-electron chi connectivity index (χ2n) is 4.83. The van der Waals surface area contributed by atoms with E-state index in [1.165, 1.54) is 17.3 Å². The maximum Gasteiger partial charge on any atom is 0.277 e. The molecule has 120 valence electrons. The van der Waals surface area contributed by atoms with Gasteiger partial charge in [0.25, 0.3) is 5.22 Å². The molecule has 4 rings (SSSR count). The van der Waals surface area contributed by atoms with E-state index in [1.54, 1.807) is 22.7 Å².